The van der Waals surface area contributed by atoms with E-state index in [9.17, 15) is 14.0 Å². The molecule has 1 aliphatic carbocycles. The lowest BCUT2D eigenvalue weighted by atomic mass is 9.98. The lowest BCUT2D eigenvalue weighted by Crippen LogP contribution is -2.37. The summed E-state index contributed by atoms with van der Waals surface area (Å²) in [4.78, 5) is 26.3. The second kappa shape index (κ2) is 9.13. The van der Waals surface area contributed by atoms with Crippen molar-refractivity contribution in [3.63, 3.8) is 0 Å². The normalized spacial score (nSPS) is 15.3. The molecule has 0 bridgehead atoms. The molecule has 1 heterocycles. The second-order valence-corrected chi connectivity index (χ2v) is 8.25. The molecule has 0 unspecified atom stereocenters. The van der Waals surface area contributed by atoms with E-state index in [1.807, 2.05) is 6.07 Å². The lowest BCUT2D eigenvalue weighted by Gasteiger charge is -2.14. The summed E-state index contributed by atoms with van der Waals surface area (Å²) in [6, 6.07) is 7.97. The molecule has 0 saturated heterocycles. The summed E-state index contributed by atoms with van der Waals surface area (Å²) in [6.07, 6.45) is 7.30. The van der Waals surface area contributed by atoms with Crippen LogP contribution >= 0.6 is 11.3 Å². The highest BCUT2D eigenvalue weighted by Crippen LogP contribution is 2.28. The van der Waals surface area contributed by atoms with Crippen molar-refractivity contribution in [3.8, 4) is 0 Å². The summed E-state index contributed by atoms with van der Waals surface area (Å²) in [5.74, 6) is -1.48. The van der Waals surface area contributed by atoms with Gasteiger partial charge in [-0.1, -0.05) is 25.0 Å². The van der Waals surface area contributed by atoms with E-state index < -0.39 is 11.8 Å². The van der Waals surface area contributed by atoms with Gasteiger partial charge >= 0.3 is 0 Å². The van der Waals surface area contributed by atoms with Gasteiger partial charge in [-0.3, -0.25) is 9.59 Å². The van der Waals surface area contributed by atoms with Crippen LogP contribution in [0.5, 0.6) is 0 Å². The number of nitrogens with one attached hydrogen (secondary N) is 1. The first-order valence-corrected chi connectivity index (χ1v) is 10.3. The Bertz CT molecular complexity index is 776. The highest BCUT2D eigenvalue weighted by Gasteiger charge is 2.20. The summed E-state index contributed by atoms with van der Waals surface area (Å²) in [5, 5.41) is 2.85. The number of aryl methyl sites for hydroxylation is 2. The molecule has 1 aromatic carbocycles. The van der Waals surface area contributed by atoms with Crippen LogP contribution in [0.25, 0.3) is 0 Å². The molecule has 27 heavy (non-hydrogen) atoms. The van der Waals surface area contributed by atoms with E-state index >= 15 is 0 Å². The molecule has 2 aromatic rings. The van der Waals surface area contributed by atoms with Gasteiger partial charge in [0.15, 0.2) is 0 Å². The number of rotatable bonds is 6. The third kappa shape index (κ3) is 5.39. The van der Waals surface area contributed by atoms with Crippen LogP contribution in [0.4, 0.5) is 4.39 Å². The predicted molar refractivity (Wildman–Crippen MR) is 105 cm³/mol. The number of halogens is 1. The molecule has 0 radical (unpaired) electrons. The van der Waals surface area contributed by atoms with E-state index in [1.54, 1.807) is 23.5 Å². The molecule has 6 heteroatoms. The van der Waals surface area contributed by atoms with Crippen LogP contribution in [-0.4, -0.2) is 18.4 Å². The molecule has 0 saturated carbocycles. The number of hydrogen-bond donors (Lipinski definition) is 2. The Morgan fingerprint density at radius 2 is 1.81 bits per heavy atom. The first-order chi connectivity index (χ1) is 13.0. The van der Waals surface area contributed by atoms with Crippen LogP contribution in [-0.2, 0) is 24.1 Å². The van der Waals surface area contributed by atoms with Gasteiger partial charge in [-0.2, -0.15) is 0 Å². The van der Waals surface area contributed by atoms with E-state index in [2.05, 4.69) is 5.32 Å². The molecule has 1 aromatic heterocycles. The van der Waals surface area contributed by atoms with E-state index in [4.69, 9.17) is 5.73 Å². The van der Waals surface area contributed by atoms with Crippen molar-refractivity contribution in [2.24, 2.45) is 11.7 Å². The maximum absolute atomic E-state index is 13.0. The van der Waals surface area contributed by atoms with Crippen molar-refractivity contribution in [3.05, 3.63) is 57.0 Å². The predicted octanol–water partition coefficient (Wildman–Crippen LogP) is 3.62. The Kier molecular flexibility index (Phi) is 6.61. The molecule has 0 aliphatic heterocycles. The molecular formula is C21H25FN2O2S. The minimum Gasteiger partial charge on any atom is -0.369 e. The quantitative estimate of drug-likeness (QED) is 0.793. The van der Waals surface area contributed by atoms with Gasteiger partial charge < -0.3 is 11.1 Å². The summed E-state index contributed by atoms with van der Waals surface area (Å²) >= 11 is 1.56. The zero-order valence-corrected chi connectivity index (χ0v) is 16.1. The second-order valence-electron chi connectivity index (χ2n) is 7.11. The fourth-order valence-electron chi connectivity index (χ4n) is 3.44. The minimum atomic E-state index is -0.527. The largest absolute Gasteiger partial charge is 0.369 e. The van der Waals surface area contributed by atoms with Gasteiger partial charge in [0.25, 0.3) is 5.91 Å². The van der Waals surface area contributed by atoms with Gasteiger partial charge in [-0.25, -0.2) is 4.39 Å². The number of primary amides is 1. The van der Waals surface area contributed by atoms with Crippen molar-refractivity contribution in [1.82, 2.24) is 5.32 Å². The number of carbonyl (C=O) groups is 2. The van der Waals surface area contributed by atoms with E-state index in [-0.39, 0.29) is 18.3 Å². The third-order valence-electron chi connectivity index (χ3n) is 5.03. The molecule has 144 valence electrons. The Balaban J connectivity index is 1.61. The maximum Gasteiger partial charge on any atom is 0.261 e. The van der Waals surface area contributed by atoms with Crippen LogP contribution in [0.2, 0.25) is 0 Å². The summed E-state index contributed by atoms with van der Waals surface area (Å²) < 4.78 is 13.0. The molecule has 1 aliphatic rings. The van der Waals surface area contributed by atoms with Crippen LogP contribution in [0.1, 0.15) is 51.4 Å². The first-order valence-electron chi connectivity index (χ1n) is 9.46. The van der Waals surface area contributed by atoms with Gasteiger partial charge in [-0.15, -0.1) is 11.3 Å². The van der Waals surface area contributed by atoms with Gasteiger partial charge in [-0.05, 0) is 61.4 Å². The fraction of sp³-hybridized carbons (Fsp3) is 0.429. The zero-order chi connectivity index (χ0) is 19.2. The molecule has 2 amide bonds. The average Bonchev–Trinajstić information content (AvgIpc) is 3.02. The van der Waals surface area contributed by atoms with Gasteiger partial charge in [0.05, 0.1) is 10.8 Å². The summed E-state index contributed by atoms with van der Waals surface area (Å²) in [5.41, 5.74) is 7.60. The zero-order valence-electron chi connectivity index (χ0n) is 15.3. The van der Waals surface area contributed by atoms with E-state index in [0.717, 1.165) is 18.4 Å². The molecule has 4 nitrogen and oxygen atoms in total. The highest BCUT2D eigenvalue weighted by molar-refractivity contribution is 7.14. The monoisotopic (exact) mass is 388 g/mol. The number of amides is 2. The molecule has 0 fully saturated rings. The lowest BCUT2D eigenvalue weighted by molar-refractivity contribution is -0.121. The number of carbonyl (C=O) groups excluding carboxylic acids is 2. The van der Waals surface area contributed by atoms with E-state index in [1.165, 1.54) is 48.3 Å². The SMILES string of the molecule is NC(=O)[C@H](CNC(=O)c1cc2c(s1)CCCCCC2)Cc1ccc(F)cc1. The van der Waals surface area contributed by atoms with Crippen LogP contribution in [0, 0.1) is 11.7 Å². The van der Waals surface area contributed by atoms with Gasteiger partial charge in [0, 0.05) is 11.4 Å². The number of nitrogens with two attached hydrogens (primary N) is 1. The van der Waals surface area contributed by atoms with Crippen molar-refractivity contribution in [2.75, 3.05) is 6.54 Å². The molecule has 1 atom stereocenters. The molecule has 0 spiro atoms. The molecular weight excluding hydrogens is 363 g/mol. The standard InChI is InChI=1S/C21H25FN2O2S/c22-17-9-7-14(8-10-17)11-16(20(23)25)13-24-21(26)19-12-15-5-3-1-2-4-6-18(15)27-19/h7-10,12,16H,1-6,11,13H2,(H2,23,25)(H,24,26)/t16-/m0/s1. The molecule has 3 N–H and O–H groups in total. The molecule has 3 rings (SSSR count). The summed E-state index contributed by atoms with van der Waals surface area (Å²) in [6.45, 7) is 0.175. The Hall–Kier alpha value is -2.21. The Labute approximate surface area is 163 Å². The van der Waals surface area contributed by atoms with Crippen molar-refractivity contribution < 1.29 is 14.0 Å². The number of hydrogen-bond acceptors (Lipinski definition) is 3. The van der Waals surface area contributed by atoms with Gasteiger partial charge in [0.2, 0.25) is 5.91 Å². The van der Waals surface area contributed by atoms with E-state index in [0.29, 0.717) is 11.3 Å². The van der Waals surface area contributed by atoms with Crippen LogP contribution in [0.15, 0.2) is 30.3 Å². The minimum absolute atomic E-state index is 0.155. The van der Waals surface area contributed by atoms with Crippen LogP contribution < -0.4 is 11.1 Å². The van der Waals surface area contributed by atoms with Crippen molar-refractivity contribution >= 4 is 23.2 Å². The van der Waals surface area contributed by atoms with Crippen molar-refractivity contribution in [1.29, 1.82) is 0 Å². The Morgan fingerprint density at radius 1 is 1.11 bits per heavy atom. The topological polar surface area (TPSA) is 72.2 Å². The third-order valence-corrected chi connectivity index (χ3v) is 6.26. The Morgan fingerprint density at radius 3 is 2.52 bits per heavy atom. The smallest absolute Gasteiger partial charge is 0.261 e. The van der Waals surface area contributed by atoms with Crippen molar-refractivity contribution in [2.45, 2.75) is 44.9 Å². The average molecular weight is 389 g/mol. The maximum atomic E-state index is 13.0. The number of benzene rings is 1. The number of fused-ring (bicyclic) bond motifs is 1. The van der Waals surface area contributed by atoms with Gasteiger partial charge in [0.1, 0.15) is 5.82 Å². The van der Waals surface area contributed by atoms with Crippen LogP contribution in [0.3, 0.4) is 0 Å². The first kappa shape index (κ1) is 19.5. The fourth-order valence-corrected chi connectivity index (χ4v) is 4.61. The summed E-state index contributed by atoms with van der Waals surface area (Å²) in [7, 11) is 0. The number of thiophene rings is 1. The highest BCUT2D eigenvalue weighted by atomic mass is 32.1.